The van der Waals surface area contributed by atoms with E-state index in [0.717, 1.165) is 24.5 Å². The summed E-state index contributed by atoms with van der Waals surface area (Å²) < 4.78 is 79.4. The minimum absolute atomic E-state index is 0.0645. The molecule has 0 radical (unpaired) electrons. The molecule has 2 aromatic heterocycles. The van der Waals surface area contributed by atoms with E-state index in [9.17, 15) is 36.0 Å². The van der Waals surface area contributed by atoms with Crippen molar-refractivity contribution >= 4 is 15.8 Å². The fraction of sp³-hybridized carbons (Fsp3) is 0.320. The largest absolute Gasteiger partial charge is 0.451 e. The van der Waals surface area contributed by atoms with Crippen LogP contribution < -0.4 is 0 Å². The van der Waals surface area contributed by atoms with Crippen LogP contribution in [0.15, 0.2) is 53.8 Å². The number of rotatable bonds is 7. The zero-order chi connectivity index (χ0) is 27.2. The van der Waals surface area contributed by atoms with Gasteiger partial charge >= 0.3 is 6.18 Å². The summed E-state index contributed by atoms with van der Waals surface area (Å²) in [6.07, 6.45) is -0.332. The van der Waals surface area contributed by atoms with E-state index >= 15 is 0 Å². The highest BCUT2D eigenvalue weighted by Gasteiger charge is 2.58. The molecule has 1 saturated carbocycles. The Labute approximate surface area is 215 Å². The third kappa shape index (κ3) is 4.65. The lowest BCUT2D eigenvalue weighted by Crippen LogP contribution is -2.41. The molecule has 3 fully saturated rings. The average Bonchev–Trinajstić information content (AvgIpc) is 3.45. The predicted octanol–water partition coefficient (Wildman–Crippen LogP) is 3.92. The van der Waals surface area contributed by atoms with Crippen LogP contribution in [-0.2, 0) is 27.4 Å². The molecule has 1 atom stereocenters. The van der Waals surface area contributed by atoms with E-state index in [0.29, 0.717) is 18.4 Å². The first-order valence-electron chi connectivity index (χ1n) is 11.6. The zero-order valence-corrected chi connectivity index (χ0v) is 20.4. The van der Waals surface area contributed by atoms with Gasteiger partial charge in [-0.15, -0.1) is 0 Å². The van der Waals surface area contributed by atoms with E-state index in [2.05, 4.69) is 15.0 Å². The molecule has 8 nitrogen and oxygen atoms in total. The number of aromatic nitrogens is 3. The Morgan fingerprint density at radius 1 is 1.08 bits per heavy atom. The Hall–Kier alpha value is -3.76. The van der Waals surface area contributed by atoms with Crippen molar-refractivity contribution in [3.8, 4) is 17.3 Å². The highest BCUT2D eigenvalue weighted by atomic mass is 32.2. The molecule has 2 aliphatic heterocycles. The second-order valence-electron chi connectivity index (χ2n) is 9.22. The van der Waals surface area contributed by atoms with Crippen LogP contribution in [0.5, 0.6) is 0 Å². The number of carbonyl (C=O) groups excluding carboxylic acids is 1. The summed E-state index contributed by atoms with van der Waals surface area (Å²) in [7, 11) is -4.02. The maximum absolute atomic E-state index is 13.3. The third-order valence-corrected chi connectivity index (χ3v) is 8.85. The molecule has 196 valence electrons. The number of nitrogens with zero attached hydrogens (tertiary/aromatic N) is 5. The lowest BCUT2D eigenvalue weighted by molar-refractivity contribution is -0.145. The summed E-state index contributed by atoms with van der Waals surface area (Å²) >= 11 is 0. The van der Waals surface area contributed by atoms with Gasteiger partial charge in [0.05, 0.1) is 22.2 Å². The number of nitriles is 1. The monoisotopic (exact) mass is 545 g/mol. The predicted molar refractivity (Wildman–Crippen MR) is 124 cm³/mol. The normalized spacial score (nSPS) is 21.1. The topological polar surface area (TPSA) is 117 Å². The number of ketones is 1. The van der Waals surface area contributed by atoms with Crippen molar-refractivity contribution in [1.29, 1.82) is 5.26 Å². The number of pyridine rings is 1. The molecule has 1 aliphatic carbocycles. The summed E-state index contributed by atoms with van der Waals surface area (Å²) in [5.74, 6) is -2.29. The second-order valence-corrected chi connectivity index (χ2v) is 11.1. The van der Waals surface area contributed by atoms with Gasteiger partial charge in [0.15, 0.2) is 5.78 Å². The van der Waals surface area contributed by atoms with Crippen LogP contribution in [0.3, 0.4) is 0 Å². The molecular weight excluding hydrogens is 526 g/mol. The number of benzene rings is 1. The minimum atomic E-state index is -4.69. The number of fused-ring (bicyclic) bond motifs is 1. The number of sulfonamides is 1. The van der Waals surface area contributed by atoms with Crippen molar-refractivity contribution in [2.75, 3.05) is 0 Å². The summed E-state index contributed by atoms with van der Waals surface area (Å²) in [4.78, 5) is 23.9. The summed E-state index contributed by atoms with van der Waals surface area (Å²) in [6, 6.07) is 6.76. The fourth-order valence-electron chi connectivity index (χ4n) is 4.98. The van der Waals surface area contributed by atoms with Crippen molar-refractivity contribution in [2.45, 2.75) is 48.8 Å². The zero-order valence-electron chi connectivity index (χ0n) is 19.6. The van der Waals surface area contributed by atoms with E-state index < -0.39 is 33.9 Å². The standard InChI is InChI=1S/C25H19F4N5O3S/c26-18-2-4-20(5-3-18)38(36,37)34-19-7-15(8-19)23(34)22(35)6-1-14-9-21(31-11-16(14)10-30)17-12-32-24(33-13-17)25(27,28)29/h2-5,9,11-13,15,19,23H,1,6-8H2/t15?,19?,23-/m0/s1. The molecule has 0 spiro atoms. The van der Waals surface area contributed by atoms with Crippen molar-refractivity contribution in [3.05, 3.63) is 71.7 Å². The van der Waals surface area contributed by atoms with Crippen molar-refractivity contribution < 1.29 is 30.8 Å². The second kappa shape index (κ2) is 9.52. The number of aryl methyl sites for hydroxylation is 1. The number of alkyl halides is 3. The highest BCUT2D eigenvalue weighted by Crippen LogP contribution is 2.49. The molecular formula is C25H19F4N5O3S. The van der Waals surface area contributed by atoms with Crippen LogP contribution in [0.25, 0.3) is 11.3 Å². The minimum Gasteiger partial charge on any atom is -0.298 e. The molecule has 4 heterocycles. The maximum Gasteiger partial charge on any atom is 0.451 e. The average molecular weight is 546 g/mol. The Bertz CT molecular complexity index is 1530. The smallest absolute Gasteiger partial charge is 0.298 e. The summed E-state index contributed by atoms with van der Waals surface area (Å²) in [6.45, 7) is 0. The van der Waals surface area contributed by atoms with Crippen molar-refractivity contribution in [1.82, 2.24) is 19.3 Å². The number of carbonyl (C=O) groups is 1. The fourth-order valence-corrected chi connectivity index (χ4v) is 6.86. The molecule has 0 unspecified atom stereocenters. The van der Waals surface area contributed by atoms with Gasteiger partial charge in [0.1, 0.15) is 11.9 Å². The summed E-state index contributed by atoms with van der Waals surface area (Å²) in [5, 5.41) is 9.49. The highest BCUT2D eigenvalue weighted by molar-refractivity contribution is 7.89. The Kier molecular flexibility index (Phi) is 6.48. The van der Waals surface area contributed by atoms with E-state index in [1.807, 2.05) is 6.07 Å². The lowest BCUT2D eigenvalue weighted by atomic mass is 9.81. The number of hydrogen-bond acceptors (Lipinski definition) is 7. The summed E-state index contributed by atoms with van der Waals surface area (Å²) in [5.41, 5.74) is 1.04. The molecule has 6 rings (SSSR count). The van der Waals surface area contributed by atoms with Gasteiger partial charge < -0.3 is 0 Å². The van der Waals surface area contributed by atoms with Crippen LogP contribution >= 0.6 is 0 Å². The molecule has 13 heteroatoms. The van der Waals surface area contributed by atoms with Gasteiger partial charge in [0.25, 0.3) is 0 Å². The van der Waals surface area contributed by atoms with Crippen LogP contribution in [0.1, 0.15) is 36.2 Å². The first-order chi connectivity index (χ1) is 18.0. The van der Waals surface area contributed by atoms with E-state index in [1.54, 1.807) is 0 Å². The Morgan fingerprint density at radius 2 is 1.74 bits per heavy atom. The molecule has 3 aliphatic rings. The molecule has 0 amide bonds. The SMILES string of the molecule is N#Cc1cnc(-c2cnc(C(F)(F)F)nc2)cc1CCC(=O)[C@@H]1C2CC(C2)N1S(=O)(=O)c1ccc(F)cc1. The van der Waals surface area contributed by atoms with E-state index in [-0.39, 0.29) is 52.3 Å². The molecule has 2 saturated heterocycles. The van der Waals surface area contributed by atoms with Gasteiger partial charge in [-0.05, 0) is 61.1 Å². The molecule has 2 bridgehead atoms. The lowest BCUT2D eigenvalue weighted by Gasteiger charge is -2.25. The molecule has 38 heavy (non-hydrogen) atoms. The quantitative estimate of drug-likeness (QED) is 0.413. The van der Waals surface area contributed by atoms with Gasteiger partial charge in [-0.3, -0.25) is 9.78 Å². The van der Waals surface area contributed by atoms with Gasteiger partial charge in [-0.1, -0.05) is 0 Å². The van der Waals surface area contributed by atoms with Gasteiger partial charge in [-0.25, -0.2) is 22.8 Å². The van der Waals surface area contributed by atoms with Crippen LogP contribution in [0.2, 0.25) is 0 Å². The van der Waals surface area contributed by atoms with Crippen molar-refractivity contribution in [3.63, 3.8) is 0 Å². The van der Waals surface area contributed by atoms with Gasteiger partial charge in [0, 0.05) is 36.6 Å². The molecule has 1 aromatic carbocycles. The number of hydrogen-bond donors (Lipinski definition) is 0. The van der Waals surface area contributed by atoms with E-state index in [4.69, 9.17) is 0 Å². The molecule has 0 N–H and O–H groups in total. The van der Waals surface area contributed by atoms with E-state index in [1.165, 1.54) is 28.7 Å². The van der Waals surface area contributed by atoms with Crippen LogP contribution in [0.4, 0.5) is 17.6 Å². The number of halogens is 4. The van der Waals surface area contributed by atoms with Crippen LogP contribution in [0, 0.1) is 23.1 Å². The maximum atomic E-state index is 13.3. The number of Topliss-reactive ketones (excluding diaryl/α,β-unsaturated/α-hetero) is 1. The van der Waals surface area contributed by atoms with Gasteiger partial charge in [0.2, 0.25) is 15.8 Å². The van der Waals surface area contributed by atoms with Crippen molar-refractivity contribution in [2.24, 2.45) is 5.92 Å². The Balaban J connectivity index is 1.35. The third-order valence-electron chi connectivity index (χ3n) is 6.90. The van der Waals surface area contributed by atoms with Crippen LogP contribution in [-0.4, -0.2) is 45.5 Å². The Morgan fingerprint density at radius 3 is 2.34 bits per heavy atom. The first-order valence-corrected chi connectivity index (χ1v) is 13.0. The van der Waals surface area contributed by atoms with Gasteiger partial charge in [-0.2, -0.15) is 22.7 Å². The molecule has 3 aromatic rings. The first kappa shape index (κ1) is 25.9.